The average Bonchev–Trinajstić information content (AvgIpc) is 3.51. The van der Waals surface area contributed by atoms with Gasteiger partial charge >= 0.3 is 0 Å². The third-order valence-electron chi connectivity index (χ3n) is 7.06. The molecule has 0 bridgehead atoms. The highest BCUT2D eigenvalue weighted by Gasteiger charge is 2.16. The summed E-state index contributed by atoms with van der Waals surface area (Å²) in [5, 5.41) is 4.52. The molecule has 0 radical (unpaired) electrons. The van der Waals surface area contributed by atoms with E-state index >= 15 is 0 Å². The van der Waals surface area contributed by atoms with Crippen LogP contribution in [-0.4, -0.2) is 29.1 Å². The van der Waals surface area contributed by atoms with Gasteiger partial charge in [-0.1, -0.05) is 48.5 Å². The van der Waals surface area contributed by atoms with E-state index < -0.39 is 0 Å². The molecule has 0 saturated carbocycles. The molecule has 0 amide bonds. The summed E-state index contributed by atoms with van der Waals surface area (Å²) in [6.45, 7) is 0. The van der Waals surface area contributed by atoms with Gasteiger partial charge < -0.3 is 0 Å². The topological polar surface area (TPSA) is 61.4 Å². The zero-order valence-electron chi connectivity index (χ0n) is 20.2. The number of hydrogen-bond donors (Lipinski definition) is 0. The van der Waals surface area contributed by atoms with Crippen LogP contribution in [0.2, 0.25) is 0 Å². The van der Waals surface area contributed by atoms with E-state index in [1.807, 2.05) is 73.1 Å². The van der Waals surface area contributed by atoms with Crippen LogP contribution in [0.5, 0.6) is 0 Å². The lowest BCUT2D eigenvalue weighted by atomic mass is 10.2. The van der Waals surface area contributed by atoms with E-state index in [0.717, 1.165) is 66.9 Å². The number of hydrogen-bond acceptors (Lipinski definition) is 4. The van der Waals surface area contributed by atoms with Crippen LogP contribution in [0.1, 0.15) is 0 Å². The quantitative estimate of drug-likeness (QED) is 0.265. The van der Waals surface area contributed by atoms with Crippen molar-refractivity contribution in [2.75, 3.05) is 0 Å². The molecule has 0 aliphatic heterocycles. The molecule has 0 saturated heterocycles. The van der Waals surface area contributed by atoms with Gasteiger partial charge in [-0.25, -0.2) is 19.9 Å². The van der Waals surface area contributed by atoms with Gasteiger partial charge in [0, 0.05) is 33.9 Å². The van der Waals surface area contributed by atoms with E-state index in [2.05, 4.69) is 57.7 Å². The van der Waals surface area contributed by atoms with Crippen molar-refractivity contribution in [3.05, 3.63) is 122 Å². The molecule has 0 aliphatic carbocycles. The summed E-state index contributed by atoms with van der Waals surface area (Å²) >= 11 is 0. The lowest BCUT2D eigenvalue weighted by Crippen LogP contribution is -2.02. The number of para-hydroxylation sites is 2. The zero-order chi connectivity index (χ0) is 25.1. The lowest BCUT2D eigenvalue weighted by Gasteiger charge is -2.10. The second-order valence-corrected chi connectivity index (χ2v) is 9.22. The Hall–Kier alpha value is -5.36. The largest absolute Gasteiger partial charge is 0.278 e. The van der Waals surface area contributed by atoms with Crippen LogP contribution in [0, 0.1) is 0 Å². The summed E-state index contributed by atoms with van der Waals surface area (Å²) in [6, 6.07) is 36.9. The van der Waals surface area contributed by atoms with Crippen molar-refractivity contribution in [3.63, 3.8) is 0 Å². The van der Waals surface area contributed by atoms with Crippen molar-refractivity contribution >= 4 is 43.9 Å². The summed E-state index contributed by atoms with van der Waals surface area (Å²) < 4.78 is 4.24. The molecular weight excluding hydrogens is 468 g/mol. The van der Waals surface area contributed by atoms with Gasteiger partial charge in [-0.15, -0.1) is 0 Å². The summed E-state index contributed by atoms with van der Waals surface area (Å²) in [5.74, 6) is 1.61. The van der Waals surface area contributed by atoms with E-state index in [9.17, 15) is 0 Å². The zero-order valence-corrected chi connectivity index (χ0v) is 20.2. The van der Waals surface area contributed by atoms with Crippen molar-refractivity contribution in [3.8, 4) is 23.0 Å². The molecule has 0 atom stereocenters. The van der Waals surface area contributed by atoms with Crippen molar-refractivity contribution in [1.29, 1.82) is 0 Å². The molecule has 178 valence electrons. The lowest BCUT2D eigenvalue weighted by molar-refractivity contribution is 1.04. The van der Waals surface area contributed by atoms with Crippen LogP contribution in [0.4, 0.5) is 0 Å². The second kappa shape index (κ2) is 8.08. The van der Waals surface area contributed by atoms with Gasteiger partial charge in [0.15, 0.2) is 0 Å². The van der Waals surface area contributed by atoms with E-state index in [0.29, 0.717) is 0 Å². The Kier molecular flexibility index (Phi) is 4.42. The van der Waals surface area contributed by atoms with Crippen molar-refractivity contribution in [1.82, 2.24) is 29.1 Å². The predicted octanol–water partition coefficient (Wildman–Crippen LogP) is 7.13. The maximum absolute atomic E-state index is 5.07. The Bertz CT molecular complexity index is 1890. The number of benzene rings is 2. The fourth-order valence-corrected chi connectivity index (χ4v) is 5.44. The smallest absolute Gasteiger partial charge is 0.146 e. The molecule has 0 unspecified atom stereocenters. The van der Waals surface area contributed by atoms with Gasteiger partial charge in [0.25, 0.3) is 0 Å². The molecule has 0 fully saturated rings. The molecule has 6 nitrogen and oxygen atoms in total. The van der Waals surface area contributed by atoms with Gasteiger partial charge in [-0.3, -0.25) is 9.13 Å². The Morgan fingerprint density at radius 2 is 0.842 bits per heavy atom. The minimum atomic E-state index is 0.792. The normalized spacial score (nSPS) is 11.7. The Labute approximate surface area is 217 Å². The molecule has 2 aromatic carbocycles. The second-order valence-electron chi connectivity index (χ2n) is 9.22. The third kappa shape index (κ3) is 3.01. The van der Waals surface area contributed by atoms with Crippen LogP contribution >= 0.6 is 0 Å². The average molecular weight is 489 g/mol. The first-order valence-corrected chi connectivity index (χ1v) is 12.5. The summed E-state index contributed by atoms with van der Waals surface area (Å²) in [6.07, 6.45) is 3.65. The van der Waals surface area contributed by atoms with Crippen molar-refractivity contribution < 1.29 is 0 Å². The monoisotopic (exact) mass is 488 g/mol. The molecule has 0 aliphatic rings. The van der Waals surface area contributed by atoms with E-state index in [-0.39, 0.29) is 0 Å². The molecular formula is C32H20N6. The molecule has 6 heteroatoms. The minimum absolute atomic E-state index is 0.792. The van der Waals surface area contributed by atoms with Gasteiger partial charge in [0.1, 0.15) is 22.9 Å². The first-order valence-electron chi connectivity index (χ1n) is 12.5. The van der Waals surface area contributed by atoms with Crippen LogP contribution in [0.15, 0.2) is 122 Å². The fraction of sp³-hybridized carbons (Fsp3) is 0. The van der Waals surface area contributed by atoms with Crippen LogP contribution < -0.4 is 0 Å². The standard InChI is InChI=1S/C32H20N6/c1-3-15-27-21(9-1)23-11-7-19-33-31(23)37(27)29-17-5-13-25(35-29)26-14-6-18-30(36-26)38-28-16-4-2-10-22(28)24-12-8-20-34-32(24)38/h1-20H. The molecule has 8 aromatic rings. The SMILES string of the molecule is c1cc(-c2cccc(-n3c4ccccc4c4cccnc43)n2)nc(-n2c3ccccc3c3cccnc32)c1. The Balaban J connectivity index is 1.32. The molecule has 6 aromatic heterocycles. The van der Waals surface area contributed by atoms with Crippen molar-refractivity contribution in [2.45, 2.75) is 0 Å². The van der Waals surface area contributed by atoms with Gasteiger partial charge in [-0.05, 0) is 60.7 Å². The minimum Gasteiger partial charge on any atom is -0.278 e. The Morgan fingerprint density at radius 1 is 0.395 bits per heavy atom. The maximum atomic E-state index is 5.07. The molecule has 38 heavy (non-hydrogen) atoms. The third-order valence-corrected chi connectivity index (χ3v) is 7.06. The summed E-state index contributed by atoms with van der Waals surface area (Å²) in [4.78, 5) is 19.5. The van der Waals surface area contributed by atoms with Gasteiger partial charge in [0.05, 0.1) is 22.4 Å². The summed E-state index contributed by atoms with van der Waals surface area (Å²) in [5.41, 5.74) is 5.50. The summed E-state index contributed by atoms with van der Waals surface area (Å²) in [7, 11) is 0. The number of rotatable bonds is 3. The highest BCUT2D eigenvalue weighted by atomic mass is 15.1. The number of fused-ring (bicyclic) bond motifs is 6. The van der Waals surface area contributed by atoms with E-state index in [1.165, 1.54) is 0 Å². The predicted molar refractivity (Wildman–Crippen MR) is 152 cm³/mol. The molecule has 8 rings (SSSR count). The van der Waals surface area contributed by atoms with E-state index in [4.69, 9.17) is 19.9 Å². The maximum Gasteiger partial charge on any atom is 0.146 e. The van der Waals surface area contributed by atoms with Crippen molar-refractivity contribution in [2.24, 2.45) is 0 Å². The van der Waals surface area contributed by atoms with E-state index in [1.54, 1.807) is 0 Å². The number of nitrogens with zero attached hydrogens (tertiary/aromatic N) is 6. The Morgan fingerprint density at radius 3 is 1.34 bits per heavy atom. The first kappa shape index (κ1) is 20.8. The highest BCUT2D eigenvalue weighted by molar-refractivity contribution is 6.08. The van der Waals surface area contributed by atoms with Crippen LogP contribution in [-0.2, 0) is 0 Å². The van der Waals surface area contributed by atoms with Crippen LogP contribution in [0.3, 0.4) is 0 Å². The van der Waals surface area contributed by atoms with Crippen LogP contribution in [0.25, 0.3) is 66.9 Å². The fourth-order valence-electron chi connectivity index (χ4n) is 5.44. The van der Waals surface area contributed by atoms with Gasteiger partial charge in [-0.2, -0.15) is 0 Å². The van der Waals surface area contributed by atoms with Gasteiger partial charge in [0.2, 0.25) is 0 Å². The highest BCUT2D eigenvalue weighted by Crippen LogP contribution is 2.32. The molecule has 0 N–H and O–H groups in total. The molecule has 0 spiro atoms. The number of pyridine rings is 4. The molecule has 6 heterocycles. The first-order chi connectivity index (χ1) is 18.9. The number of aromatic nitrogens is 6.